The summed E-state index contributed by atoms with van der Waals surface area (Å²) in [4.78, 5) is 18.1. The van der Waals surface area contributed by atoms with Crippen LogP contribution in [0.25, 0.3) is 0 Å². The quantitative estimate of drug-likeness (QED) is 0.805. The van der Waals surface area contributed by atoms with Crippen LogP contribution in [0.15, 0.2) is 21.1 Å². The Kier molecular flexibility index (Phi) is 5.50. The molecule has 2 unspecified atom stereocenters. The standard InChI is InChI=1S/C17H24N4O4/c1-11-4-5-15(24-11)13-8-21(9-14(13)18-12(2)22)10-17-19-16(20-25-17)6-7-23-3/h4-5,13-14H,6-10H2,1-3H3,(H,18,22). The van der Waals surface area contributed by atoms with E-state index in [0.717, 1.165) is 18.1 Å². The normalized spacial score (nSPS) is 20.9. The summed E-state index contributed by atoms with van der Waals surface area (Å²) in [5, 5.41) is 6.99. The zero-order valence-electron chi connectivity index (χ0n) is 14.8. The van der Waals surface area contributed by atoms with Crippen LogP contribution >= 0.6 is 0 Å². The van der Waals surface area contributed by atoms with Crippen LogP contribution in [-0.2, 0) is 22.5 Å². The van der Waals surface area contributed by atoms with Gasteiger partial charge in [0, 0.05) is 33.5 Å². The van der Waals surface area contributed by atoms with E-state index in [2.05, 4.69) is 20.4 Å². The van der Waals surface area contributed by atoms with Gasteiger partial charge in [-0.25, -0.2) is 0 Å². The minimum atomic E-state index is -0.0419. The van der Waals surface area contributed by atoms with Gasteiger partial charge in [-0.3, -0.25) is 9.69 Å². The minimum absolute atomic E-state index is 0.000988. The number of ether oxygens (including phenoxy) is 1. The van der Waals surface area contributed by atoms with Crippen LogP contribution in [0.1, 0.15) is 36.1 Å². The highest BCUT2D eigenvalue weighted by molar-refractivity contribution is 5.73. The van der Waals surface area contributed by atoms with E-state index in [1.165, 1.54) is 6.92 Å². The van der Waals surface area contributed by atoms with E-state index >= 15 is 0 Å². The van der Waals surface area contributed by atoms with Crippen LogP contribution < -0.4 is 5.32 Å². The summed E-state index contributed by atoms with van der Waals surface area (Å²) in [6.07, 6.45) is 0.628. The SMILES string of the molecule is COCCc1noc(CN2CC(NC(C)=O)C(c3ccc(C)o3)C2)n1. The molecule has 136 valence electrons. The lowest BCUT2D eigenvalue weighted by atomic mass is 10.0. The largest absolute Gasteiger partial charge is 0.466 e. The fraction of sp³-hybridized carbons (Fsp3) is 0.588. The van der Waals surface area contributed by atoms with E-state index in [1.54, 1.807) is 7.11 Å². The summed E-state index contributed by atoms with van der Waals surface area (Å²) in [5.74, 6) is 3.05. The number of carbonyl (C=O) groups is 1. The molecule has 1 N–H and O–H groups in total. The number of likely N-dealkylation sites (tertiary alicyclic amines) is 1. The molecule has 2 aromatic rings. The van der Waals surface area contributed by atoms with Crippen molar-refractivity contribution in [2.24, 2.45) is 0 Å². The van der Waals surface area contributed by atoms with E-state index in [9.17, 15) is 4.79 Å². The molecular formula is C17H24N4O4. The fourth-order valence-corrected chi connectivity index (χ4v) is 3.20. The summed E-state index contributed by atoms with van der Waals surface area (Å²) in [6, 6.07) is 3.93. The number of carbonyl (C=O) groups excluding carboxylic acids is 1. The van der Waals surface area contributed by atoms with Gasteiger partial charge in [-0.05, 0) is 19.1 Å². The first-order chi connectivity index (χ1) is 12.0. The summed E-state index contributed by atoms with van der Waals surface area (Å²) in [5.41, 5.74) is 0. The Morgan fingerprint density at radius 3 is 2.96 bits per heavy atom. The monoisotopic (exact) mass is 348 g/mol. The van der Waals surface area contributed by atoms with Crippen LogP contribution in [-0.4, -0.2) is 53.8 Å². The van der Waals surface area contributed by atoms with Gasteiger partial charge in [0.25, 0.3) is 0 Å². The molecule has 3 rings (SSSR count). The zero-order valence-corrected chi connectivity index (χ0v) is 14.8. The average Bonchev–Trinajstić information content (AvgIpc) is 3.26. The molecule has 0 aromatic carbocycles. The van der Waals surface area contributed by atoms with Crippen molar-refractivity contribution in [3.8, 4) is 0 Å². The van der Waals surface area contributed by atoms with Gasteiger partial charge in [-0.1, -0.05) is 5.16 Å². The van der Waals surface area contributed by atoms with Crippen molar-refractivity contribution < 1.29 is 18.5 Å². The number of rotatable bonds is 7. The Hall–Kier alpha value is -2.19. The molecule has 8 heteroatoms. The van der Waals surface area contributed by atoms with E-state index in [0.29, 0.717) is 37.8 Å². The van der Waals surface area contributed by atoms with Gasteiger partial charge in [0.05, 0.1) is 25.1 Å². The lowest BCUT2D eigenvalue weighted by molar-refractivity contribution is -0.119. The second-order valence-electron chi connectivity index (χ2n) is 6.40. The van der Waals surface area contributed by atoms with E-state index in [1.807, 2.05) is 19.1 Å². The Balaban J connectivity index is 1.66. The maximum atomic E-state index is 11.5. The van der Waals surface area contributed by atoms with E-state index in [4.69, 9.17) is 13.7 Å². The van der Waals surface area contributed by atoms with Crippen molar-refractivity contribution in [1.29, 1.82) is 0 Å². The molecule has 0 spiro atoms. The molecule has 2 aromatic heterocycles. The molecule has 1 saturated heterocycles. The molecule has 1 fully saturated rings. The van der Waals surface area contributed by atoms with Crippen molar-refractivity contribution in [3.63, 3.8) is 0 Å². The first-order valence-corrected chi connectivity index (χ1v) is 8.41. The maximum absolute atomic E-state index is 11.5. The minimum Gasteiger partial charge on any atom is -0.466 e. The van der Waals surface area contributed by atoms with E-state index in [-0.39, 0.29) is 17.9 Å². The highest BCUT2D eigenvalue weighted by Gasteiger charge is 2.36. The van der Waals surface area contributed by atoms with Crippen molar-refractivity contribution in [2.75, 3.05) is 26.8 Å². The van der Waals surface area contributed by atoms with Gasteiger partial charge in [0.2, 0.25) is 11.8 Å². The third-order valence-corrected chi connectivity index (χ3v) is 4.31. The Labute approximate surface area is 146 Å². The fourth-order valence-electron chi connectivity index (χ4n) is 3.20. The second-order valence-corrected chi connectivity index (χ2v) is 6.40. The molecule has 0 saturated carbocycles. The highest BCUT2D eigenvalue weighted by atomic mass is 16.5. The predicted octanol–water partition coefficient (Wildman–Crippen LogP) is 1.26. The molecule has 1 amide bonds. The number of aryl methyl sites for hydroxylation is 1. The topological polar surface area (TPSA) is 93.6 Å². The summed E-state index contributed by atoms with van der Waals surface area (Å²) in [6.45, 7) is 6.03. The predicted molar refractivity (Wildman–Crippen MR) is 88.9 cm³/mol. The van der Waals surface area contributed by atoms with Crippen LogP contribution in [0.5, 0.6) is 0 Å². The van der Waals surface area contributed by atoms with Crippen LogP contribution in [0, 0.1) is 6.92 Å². The molecular weight excluding hydrogens is 324 g/mol. The Bertz CT molecular complexity index is 711. The Morgan fingerprint density at radius 1 is 1.44 bits per heavy atom. The summed E-state index contributed by atoms with van der Waals surface area (Å²) in [7, 11) is 1.64. The van der Waals surface area contributed by atoms with Crippen LogP contribution in [0.2, 0.25) is 0 Å². The maximum Gasteiger partial charge on any atom is 0.240 e. The molecule has 2 atom stereocenters. The molecule has 25 heavy (non-hydrogen) atoms. The first kappa shape index (κ1) is 17.6. The molecule has 0 aliphatic carbocycles. The number of hydrogen-bond donors (Lipinski definition) is 1. The first-order valence-electron chi connectivity index (χ1n) is 8.41. The summed E-state index contributed by atoms with van der Waals surface area (Å²) >= 11 is 0. The average molecular weight is 348 g/mol. The van der Waals surface area contributed by atoms with Crippen molar-refractivity contribution in [1.82, 2.24) is 20.4 Å². The number of nitrogens with zero attached hydrogens (tertiary/aromatic N) is 3. The molecule has 1 aliphatic heterocycles. The molecule has 8 nitrogen and oxygen atoms in total. The molecule has 1 aliphatic rings. The van der Waals surface area contributed by atoms with E-state index < -0.39 is 0 Å². The molecule has 3 heterocycles. The number of methoxy groups -OCH3 is 1. The van der Waals surface area contributed by atoms with Gasteiger partial charge in [-0.15, -0.1) is 0 Å². The molecule has 0 bridgehead atoms. The highest BCUT2D eigenvalue weighted by Crippen LogP contribution is 2.30. The zero-order chi connectivity index (χ0) is 17.8. The number of furan rings is 1. The van der Waals surface area contributed by atoms with Gasteiger partial charge in [0.15, 0.2) is 5.82 Å². The second kappa shape index (κ2) is 7.79. The van der Waals surface area contributed by atoms with Crippen LogP contribution in [0.3, 0.4) is 0 Å². The number of amides is 1. The summed E-state index contributed by atoms with van der Waals surface area (Å²) < 4.78 is 16.1. The van der Waals surface area contributed by atoms with Gasteiger partial charge in [-0.2, -0.15) is 4.98 Å². The third kappa shape index (κ3) is 4.46. The number of nitrogens with one attached hydrogen (secondary N) is 1. The van der Waals surface area contributed by atoms with Crippen molar-refractivity contribution in [2.45, 2.75) is 38.8 Å². The van der Waals surface area contributed by atoms with Crippen molar-refractivity contribution >= 4 is 5.91 Å². The lowest BCUT2D eigenvalue weighted by Gasteiger charge is -2.17. The van der Waals surface area contributed by atoms with Gasteiger partial charge < -0.3 is 19.0 Å². The van der Waals surface area contributed by atoms with Crippen molar-refractivity contribution in [3.05, 3.63) is 35.4 Å². The lowest BCUT2D eigenvalue weighted by Crippen LogP contribution is -2.38. The van der Waals surface area contributed by atoms with Crippen LogP contribution in [0.4, 0.5) is 0 Å². The third-order valence-electron chi connectivity index (χ3n) is 4.31. The van der Waals surface area contributed by atoms with Gasteiger partial charge in [0.1, 0.15) is 11.5 Å². The molecule has 0 radical (unpaired) electrons. The number of aromatic nitrogens is 2. The number of hydrogen-bond acceptors (Lipinski definition) is 7. The Morgan fingerprint density at radius 2 is 2.28 bits per heavy atom. The smallest absolute Gasteiger partial charge is 0.240 e. The van der Waals surface area contributed by atoms with Gasteiger partial charge >= 0.3 is 0 Å².